The lowest BCUT2D eigenvalue weighted by Gasteiger charge is -2.59. The summed E-state index contributed by atoms with van der Waals surface area (Å²) >= 11 is 0. The fourth-order valence-electron chi connectivity index (χ4n) is 7.62. The van der Waals surface area contributed by atoms with Crippen LogP contribution >= 0.6 is 10.0 Å². The summed E-state index contributed by atoms with van der Waals surface area (Å²) in [6.45, 7) is 7.73. The number of aliphatic hydroxyl groups is 3. The summed E-state index contributed by atoms with van der Waals surface area (Å²) in [6, 6.07) is 0. The number of rotatable bonds is 7. The van der Waals surface area contributed by atoms with E-state index in [1.165, 1.54) is 17.1 Å². The van der Waals surface area contributed by atoms with Gasteiger partial charge < -0.3 is 15.3 Å². The molecule has 3 unspecified atom stereocenters. The molecule has 0 aliphatic heterocycles. The van der Waals surface area contributed by atoms with Gasteiger partial charge in [0.15, 0.2) is 0 Å². The van der Waals surface area contributed by atoms with Gasteiger partial charge in [-0.05, 0) is 114 Å². The van der Waals surface area contributed by atoms with Crippen LogP contribution in [0.4, 0.5) is 26.3 Å². The molecule has 0 bridgehead atoms. The van der Waals surface area contributed by atoms with Crippen molar-refractivity contribution in [2.45, 2.75) is 133 Å². The summed E-state index contributed by atoms with van der Waals surface area (Å²) in [6.07, 6.45) is 2.92. The van der Waals surface area contributed by atoms with E-state index in [0.717, 1.165) is 51.4 Å². The van der Waals surface area contributed by atoms with Crippen LogP contribution in [0.5, 0.6) is 0 Å². The van der Waals surface area contributed by atoms with Gasteiger partial charge >= 0.3 is 18.0 Å². The molecule has 10 heteroatoms. The second-order valence-corrected chi connectivity index (χ2v) is 18.1. The maximum Gasteiger partial charge on any atom is 0.438 e. The predicted molar refractivity (Wildman–Crippen MR) is 157 cm³/mol. The van der Waals surface area contributed by atoms with Crippen LogP contribution in [0.15, 0.2) is 23.3 Å². The highest BCUT2D eigenvalue weighted by Crippen LogP contribution is 2.74. The van der Waals surface area contributed by atoms with Gasteiger partial charge in [-0.15, -0.1) is 0 Å². The third kappa shape index (κ3) is 7.05. The third-order valence-corrected chi connectivity index (χ3v) is 15.3. The van der Waals surface area contributed by atoms with Crippen LogP contribution < -0.4 is 0 Å². The van der Waals surface area contributed by atoms with E-state index in [9.17, 15) is 41.7 Å². The van der Waals surface area contributed by atoms with Gasteiger partial charge in [-0.1, -0.05) is 43.1 Å². The average Bonchev–Trinajstić information content (AvgIpc) is 3.13. The fourth-order valence-corrected chi connectivity index (χ4v) is 11.7. The van der Waals surface area contributed by atoms with Gasteiger partial charge in [0.1, 0.15) is 0 Å². The van der Waals surface area contributed by atoms with Crippen LogP contribution in [-0.2, 0) is 0 Å². The molecule has 0 saturated heterocycles. The average molecular weight is 627 g/mol. The van der Waals surface area contributed by atoms with Gasteiger partial charge in [0, 0.05) is 10.5 Å². The second-order valence-electron chi connectivity index (χ2n) is 14.0. The molecular weight excluding hydrogens is 578 g/mol. The zero-order chi connectivity index (χ0) is 31.8. The summed E-state index contributed by atoms with van der Waals surface area (Å²) < 4.78 is 79.8. The number of hydrogen-bond donors (Lipinski definition) is 3. The monoisotopic (exact) mass is 626 g/mol. The van der Waals surface area contributed by atoms with Crippen molar-refractivity contribution in [3.05, 3.63) is 23.3 Å². The van der Waals surface area contributed by atoms with Crippen molar-refractivity contribution in [2.24, 2.45) is 11.3 Å². The molecule has 0 aromatic carbocycles. The maximum atomic E-state index is 13.4. The first-order valence-corrected chi connectivity index (χ1v) is 17.3. The maximum absolute atomic E-state index is 13.4. The summed E-state index contributed by atoms with van der Waals surface area (Å²) in [7, 11) is -1.95. The van der Waals surface area contributed by atoms with Gasteiger partial charge in [-0.3, -0.25) is 0 Å². The Labute approximate surface area is 248 Å². The Morgan fingerprint density at radius 3 is 2.17 bits per heavy atom. The number of hydrogen-bond acceptors (Lipinski definition) is 3. The van der Waals surface area contributed by atoms with Crippen molar-refractivity contribution >= 4 is 10.0 Å². The lowest BCUT2D eigenvalue weighted by molar-refractivity contribution is -0.343. The molecule has 3 N–H and O–H groups in total. The molecule has 0 heterocycles. The second kappa shape index (κ2) is 12.3. The molecule has 0 amide bonds. The summed E-state index contributed by atoms with van der Waals surface area (Å²) in [5.74, 6) is 4.05. The largest absolute Gasteiger partial charge is 0.438 e. The van der Waals surface area contributed by atoms with E-state index >= 15 is 0 Å². The van der Waals surface area contributed by atoms with Crippen molar-refractivity contribution in [3.63, 3.8) is 0 Å². The Hall–Kier alpha value is -1.15. The van der Waals surface area contributed by atoms with Crippen LogP contribution in [0.1, 0.15) is 98.3 Å². The van der Waals surface area contributed by atoms with Gasteiger partial charge in [0.05, 0.1) is 11.7 Å². The van der Waals surface area contributed by atoms with E-state index < -0.39 is 33.6 Å². The summed E-state index contributed by atoms with van der Waals surface area (Å²) in [5, 5.41) is 30.1. The van der Waals surface area contributed by atoms with Gasteiger partial charge in [-0.25, -0.2) is 10.0 Å². The molecule has 3 aliphatic carbocycles. The van der Waals surface area contributed by atoms with E-state index in [-0.39, 0.29) is 27.9 Å². The topological polar surface area (TPSA) is 60.7 Å². The van der Waals surface area contributed by atoms with E-state index in [1.807, 2.05) is 6.26 Å². The number of halogens is 6. The van der Waals surface area contributed by atoms with E-state index in [1.54, 1.807) is 13.8 Å². The third-order valence-electron chi connectivity index (χ3n) is 10.5. The molecule has 242 valence electrons. The highest BCUT2D eigenvalue weighted by atomic mass is 32.3. The van der Waals surface area contributed by atoms with Crippen LogP contribution in [0.2, 0.25) is 0 Å². The van der Waals surface area contributed by atoms with Gasteiger partial charge in [-0.2, -0.15) is 26.3 Å². The fraction of sp³-hybridized carbons (Fsp3) is 0.812. The lowest BCUT2D eigenvalue weighted by atomic mass is 9.63. The number of alkyl halides is 6. The van der Waals surface area contributed by atoms with E-state index in [0.29, 0.717) is 25.0 Å². The Balaban J connectivity index is 1.99. The first-order chi connectivity index (χ1) is 19.1. The molecule has 3 nitrogen and oxygen atoms in total. The Kier molecular flexibility index (Phi) is 10.4. The number of allylic oxidation sites excluding steroid dienone is 3. The van der Waals surface area contributed by atoms with Crippen molar-refractivity contribution in [1.29, 1.82) is 0 Å². The quantitative estimate of drug-likeness (QED) is 0.198. The molecule has 0 spiro atoms. The molecule has 0 aromatic rings. The molecule has 42 heavy (non-hydrogen) atoms. The minimum atomic E-state index is -5.98. The normalized spacial score (nSPS) is 33.6. The van der Waals surface area contributed by atoms with Crippen LogP contribution in [0.3, 0.4) is 0 Å². The zero-order valence-electron chi connectivity index (χ0n) is 25.5. The van der Waals surface area contributed by atoms with Gasteiger partial charge in [0.2, 0.25) is 0 Å². The zero-order valence-corrected chi connectivity index (χ0v) is 26.3. The summed E-state index contributed by atoms with van der Waals surface area (Å²) in [4.78, 5) is 0. The van der Waals surface area contributed by atoms with Crippen LogP contribution in [0, 0.1) is 23.2 Å². The Bertz CT molecular complexity index is 1080. The van der Waals surface area contributed by atoms with E-state index in [2.05, 4.69) is 31.9 Å². The minimum Gasteiger partial charge on any atom is -0.393 e. The molecular formula is C32H48F6O3S. The minimum absolute atomic E-state index is 0.160. The van der Waals surface area contributed by atoms with Crippen molar-refractivity contribution in [3.8, 4) is 11.8 Å². The highest BCUT2D eigenvalue weighted by Gasteiger charge is 2.70. The number of fused-ring (bicyclic) bond motifs is 1. The van der Waals surface area contributed by atoms with Gasteiger partial charge in [0.25, 0.3) is 0 Å². The molecule has 3 aliphatic rings. The first-order valence-electron chi connectivity index (χ1n) is 15.0. The van der Waals surface area contributed by atoms with Crippen LogP contribution in [0.25, 0.3) is 0 Å². The number of aliphatic hydroxyl groups excluding tert-OH is 1. The van der Waals surface area contributed by atoms with Crippen LogP contribution in [-0.4, -0.2) is 67.5 Å². The summed E-state index contributed by atoms with van der Waals surface area (Å²) in [5.41, 5.74) is -3.71. The van der Waals surface area contributed by atoms with E-state index in [4.69, 9.17) is 0 Å². The molecule has 3 saturated carbocycles. The lowest BCUT2D eigenvalue weighted by Crippen LogP contribution is -2.55. The molecule has 3 rings (SSSR count). The van der Waals surface area contributed by atoms with Crippen molar-refractivity contribution in [2.75, 3.05) is 17.8 Å². The molecule has 5 atom stereocenters. The molecule has 3 fully saturated rings. The molecule has 0 radical (unpaired) electrons. The molecule has 0 aromatic heterocycles. The Morgan fingerprint density at radius 2 is 1.60 bits per heavy atom. The predicted octanol–water partition coefficient (Wildman–Crippen LogP) is 7.98. The highest BCUT2D eigenvalue weighted by molar-refractivity contribution is 8.34. The standard InChI is InChI=1S/C32H48F6O3S/c1-27(2,40)16-8-20-42(5,21-9-18-30(41,31(33,34)35)32(36,37)38)29(4)19-15-26-24(11-7-17-28(26,29)3)14-13-23-10-6-12-25(39)22-23/h13-14,25-26,39-41H,6-8,10-12,15-17,19-22H2,1-5H3/b23-13-,24-14+/t25-,26?,28-,29?/m0/s1. The smallest absolute Gasteiger partial charge is 0.393 e. The van der Waals surface area contributed by atoms with Crippen molar-refractivity contribution < 1.29 is 41.7 Å². The SMILES string of the molecule is CC(C)(O)CCCS(C)(CC#CC(O)(C(F)(F)F)C(F)(F)F)C1(C)CCC2/C(=C/C=C3/CCC[C@H](O)C3)CCC[C@@]21C. The first kappa shape index (κ1) is 35.3. The van der Waals surface area contributed by atoms with Crippen molar-refractivity contribution in [1.82, 2.24) is 0 Å². The Morgan fingerprint density at radius 1 is 0.952 bits per heavy atom.